The third-order valence-electron chi connectivity index (χ3n) is 3.38. The summed E-state index contributed by atoms with van der Waals surface area (Å²) in [5, 5.41) is 19.4. The molecule has 0 saturated carbocycles. The minimum Gasteiger partial charge on any atom is -0.394 e. The maximum Gasteiger partial charge on any atom is 0.250 e. The number of hydrogen-bond acceptors (Lipinski definition) is 10. The zero-order valence-corrected chi connectivity index (χ0v) is 12.1. The van der Waals surface area contributed by atoms with Gasteiger partial charge >= 0.3 is 0 Å². The van der Waals surface area contributed by atoms with Crippen LogP contribution in [0.15, 0.2) is 12.7 Å². The molecule has 0 bridgehead atoms. The highest BCUT2D eigenvalue weighted by molar-refractivity contribution is 7.43. The topological polar surface area (TPSA) is 175 Å². The van der Waals surface area contributed by atoms with Gasteiger partial charge in [-0.15, -0.1) is 0 Å². The van der Waals surface area contributed by atoms with Crippen LogP contribution in [0.1, 0.15) is 6.23 Å². The summed E-state index contributed by atoms with van der Waals surface area (Å²) >= 11 is 0. The molecule has 11 nitrogen and oxygen atoms in total. The van der Waals surface area contributed by atoms with Gasteiger partial charge in [0.2, 0.25) is 0 Å². The van der Waals surface area contributed by atoms with Gasteiger partial charge in [-0.05, 0) is 0 Å². The number of nitrogens with two attached hydrogens (primary N) is 2. The van der Waals surface area contributed by atoms with Crippen LogP contribution in [-0.4, -0.2) is 59.5 Å². The predicted molar refractivity (Wildman–Crippen MR) is 74.9 cm³/mol. The second-order valence-electron chi connectivity index (χ2n) is 4.69. The highest BCUT2D eigenvalue weighted by atomic mass is 31.2. The van der Waals surface area contributed by atoms with Crippen molar-refractivity contribution in [2.75, 3.05) is 12.3 Å². The molecule has 1 unspecified atom stereocenters. The normalized spacial score (nSPS) is 30.0. The van der Waals surface area contributed by atoms with E-state index in [-0.39, 0.29) is 5.82 Å². The number of nitrogen functional groups attached to an aromatic ring is 1. The average Bonchev–Trinajstić information content (AvgIpc) is 3.02. The van der Waals surface area contributed by atoms with Gasteiger partial charge in [-0.3, -0.25) is 10.1 Å². The van der Waals surface area contributed by atoms with Crippen LogP contribution in [-0.2, 0) is 9.26 Å². The first-order valence-electron chi connectivity index (χ1n) is 6.30. The van der Waals surface area contributed by atoms with Crippen molar-refractivity contribution in [2.45, 2.75) is 24.5 Å². The van der Waals surface area contributed by atoms with Crippen LogP contribution in [0.3, 0.4) is 0 Å². The third kappa shape index (κ3) is 2.52. The van der Waals surface area contributed by atoms with E-state index in [2.05, 4.69) is 15.0 Å². The van der Waals surface area contributed by atoms with Gasteiger partial charge in [0.25, 0.3) is 8.53 Å². The fourth-order valence-corrected chi connectivity index (χ4v) is 2.87. The Kier molecular flexibility index (Phi) is 4.19. The molecule has 7 N–H and O–H groups in total. The lowest BCUT2D eigenvalue weighted by atomic mass is 10.1. The number of anilines is 1. The molecule has 1 saturated heterocycles. The smallest absolute Gasteiger partial charge is 0.250 e. The van der Waals surface area contributed by atoms with Crippen molar-refractivity contribution < 1.29 is 24.4 Å². The second kappa shape index (κ2) is 5.97. The fourth-order valence-electron chi connectivity index (χ4n) is 2.39. The number of imidazole rings is 1. The monoisotopic (exact) mass is 330 g/mol. The zero-order chi connectivity index (χ0) is 15.9. The maximum atomic E-state index is 10.1. The quantitative estimate of drug-likeness (QED) is 0.403. The Bertz CT molecular complexity index is 668. The molecular formula is C10H15N6O5P. The van der Waals surface area contributed by atoms with Crippen molar-refractivity contribution in [2.24, 2.45) is 5.50 Å². The summed E-state index contributed by atoms with van der Waals surface area (Å²) < 4.78 is 12.2. The SMILES string of the molecule is Nc1ncnc2c1ncn2[C@@H]1O[C@H](CO)[C@@H](O)[C@H]1OP(N)O. The summed E-state index contributed by atoms with van der Waals surface area (Å²) in [6, 6.07) is 0. The van der Waals surface area contributed by atoms with Crippen LogP contribution < -0.4 is 11.2 Å². The Morgan fingerprint density at radius 2 is 2.18 bits per heavy atom. The van der Waals surface area contributed by atoms with Crippen molar-refractivity contribution in [3.8, 4) is 0 Å². The van der Waals surface area contributed by atoms with E-state index in [1.54, 1.807) is 0 Å². The Hall–Kier alpha value is -1.46. The first kappa shape index (κ1) is 15.4. The molecule has 0 spiro atoms. The molecule has 1 aliphatic heterocycles. The summed E-state index contributed by atoms with van der Waals surface area (Å²) in [4.78, 5) is 21.3. The van der Waals surface area contributed by atoms with E-state index >= 15 is 0 Å². The van der Waals surface area contributed by atoms with Gasteiger partial charge in [0, 0.05) is 0 Å². The highest BCUT2D eigenvalue weighted by Gasteiger charge is 2.46. The lowest BCUT2D eigenvalue weighted by Crippen LogP contribution is -2.35. The lowest BCUT2D eigenvalue weighted by Gasteiger charge is -2.22. The molecule has 2 aromatic rings. The summed E-state index contributed by atoms with van der Waals surface area (Å²) in [7, 11) is -2.23. The molecule has 2 aromatic heterocycles. The largest absolute Gasteiger partial charge is 0.394 e. The molecule has 0 amide bonds. The fraction of sp³-hybridized carbons (Fsp3) is 0.500. The van der Waals surface area contributed by atoms with Crippen LogP contribution >= 0.6 is 8.53 Å². The summed E-state index contributed by atoms with van der Waals surface area (Å²) in [6.07, 6.45) is -1.27. The highest BCUT2D eigenvalue weighted by Crippen LogP contribution is 2.38. The third-order valence-corrected chi connectivity index (χ3v) is 3.84. The van der Waals surface area contributed by atoms with Gasteiger partial charge in [-0.25, -0.2) is 15.0 Å². The Balaban J connectivity index is 2.01. The van der Waals surface area contributed by atoms with Crippen molar-refractivity contribution in [3.63, 3.8) is 0 Å². The predicted octanol–water partition coefficient (Wildman–Crippen LogP) is -1.78. The van der Waals surface area contributed by atoms with Crippen molar-refractivity contribution in [3.05, 3.63) is 12.7 Å². The number of rotatable bonds is 4. The molecule has 1 fully saturated rings. The Labute approximate surface area is 125 Å². The molecule has 12 heteroatoms. The number of aliphatic hydroxyl groups is 2. The van der Waals surface area contributed by atoms with Gasteiger partial charge in [0.05, 0.1) is 12.9 Å². The van der Waals surface area contributed by atoms with Gasteiger partial charge < -0.3 is 30.1 Å². The number of hydrogen-bond donors (Lipinski definition) is 5. The molecular weight excluding hydrogens is 315 g/mol. The van der Waals surface area contributed by atoms with E-state index < -0.39 is 39.7 Å². The molecule has 0 aromatic carbocycles. The standard InChI is InChI=1S/C10H15N6O5P/c11-8-5-9(14-2-13-8)16(3-15-5)10-7(21-22(12)19)6(18)4(1-17)20-10/h2-4,6-7,10,17-19H,1,12H2,(H2,11,13,14)/t4-,6-,7-,10-,22?/m1/s1. The van der Waals surface area contributed by atoms with Crippen LogP contribution in [0.5, 0.6) is 0 Å². The molecule has 22 heavy (non-hydrogen) atoms. The van der Waals surface area contributed by atoms with E-state index in [1.165, 1.54) is 17.2 Å². The summed E-state index contributed by atoms with van der Waals surface area (Å²) in [5.41, 5.74) is 11.7. The first-order valence-corrected chi connectivity index (χ1v) is 7.59. The van der Waals surface area contributed by atoms with Gasteiger partial charge in [-0.1, -0.05) is 0 Å². The molecule has 5 atom stereocenters. The number of fused-ring (bicyclic) bond motifs is 1. The van der Waals surface area contributed by atoms with Crippen LogP contribution in [0.4, 0.5) is 5.82 Å². The first-order chi connectivity index (χ1) is 10.5. The molecule has 120 valence electrons. The number of ether oxygens (including phenoxy) is 1. The molecule has 3 rings (SSSR count). The number of nitrogens with zero attached hydrogens (tertiary/aromatic N) is 4. The minimum atomic E-state index is -2.23. The van der Waals surface area contributed by atoms with E-state index in [1.807, 2.05) is 0 Å². The van der Waals surface area contributed by atoms with E-state index in [4.69, 9.17) is 20.5 Å². The van der Waals surface area contributed by atoms with Gasteiger partial charge in [-0.2, -0.15) is 0 Å². The van der Waals surface area contributed by atoms with Crippen LogP contribution in [0.25, 0.3) is 11.2 Å². The summed E-state index contributed by atoms with van der Waals surface area (Å²) in [5.74, 6) is 0.196. The Morgan fingerprint density at radius 1 is 1.41 bits per heavy atom. The van der Waals surface area contributed by atoms with E-state index in [0.717, 1.165) is 0 Å². The average molecular weight is 330 g/mol. The molecule has 0 aliphatic carbocycles. The van der Waals surface area contributed by atoms with Crippen molar-refractivity contribution >= 4 is 25.5 Å². The van der Waals surface area contributed by atoms with E-state index in [0.29, 0.717) is 11.2 Å². The Morgan fingerprint density at radius 3 is 2.86 bits per heavy atom. The maximum absolute atomic E-state index is 10.1. The van der Waals surface area contributed by atoms with Gasteiger partial charge in [0.15, 0.2) is 17.7 Å². The molecule has 0 radical (unpaired) electrons. The molecule has 3 heterocycles. The number of aliphatic hydroxyl groups excluding tert-OH is 2. The van der Waals surface area contributed by atoms with Crippen molar-refractivity contribution in [1.29, 1.82) is 0 Å². The summed E-state index contributed by atoms with van der Waals surface area (Å²) in [6.45, 7) is -0.421. The minimum absolute atomic E-state index is 0.196. The van der Waals surface area contributed by atoms with Gasteiger partial charge in [0.1, 0.15) is 30.2 Å². The number of aromatic nitrogens is 4. The van der Waals surface area contributed by atoms with Crippen molar-refractivity contribution in [1.82, 2.24) is 19.5 Å². The second-order valence-corrected chi connectivity index (χ2v) is 5.51. The zero-order valence-electron chi connectivity index (χ0n) is 11.2. The van der Waals surface area contributed by atoms with Crippen LogP contribution in [0.2, 0.25) is 0 Å². The molecule has 1 aliphatic rings. The lowest BCUT2D eigenvalue weighted by molar-refractivity contribution is -0.0486. The van der Waals surface area contributed by atoms with Crippen LogP contribution in [0, 0.1) is 0 Å². The van der Waals surface area contributed by atoms with E-state index in [9.17, 15) is 15.1 Å².